The molecule has 1 saturated heterocycles. The summed E-state index contributed by atoms with van der Waals surface area (Å²) in [5.41, 5.74) is 1.73. The van der Waals surface area contributed by atoms with Gasteiger partial charge in [-0.1, -0.05) is 24.3 Å². The third kappa shape index (κ3) is 5.28. The Morgan fingerprint density at radius 2 is 1.77 bits per heavy atom. The van der Waals surface area contributed by atoms with Crippen LogP contribution in [0.25, 0.3) is 0 Å². The lowest BCUT2D eigenvalue weighted by Gasteiger charge is -2.13. The normalized spacial score (nSPS) is 15.7. The molecule has 0 unspecified atom stereocenters. The lowest BCUT2D eigenvalue weighted by atomic mass is 10.1. The summed E-state index contributed by atoms with van der Waals surface area (Å²) >= 11 is 0. The molecule has 0 spiro atoms. The van der Waals surface area contributed by atoms with Crippen LogP contribution >= 0.6 is 0 Å². The molecule has 8 nitrogen and oxygen atoms in total. The number of amides is 4. The first-order valence-electron chi connectivity index (χ1n) is 9.64. The van der Waals surface area contributed by atoms with Crippen molar-refractivity contribution in [2.75, 3.05) is 14.2 Å². The summed E-state index contributed by atoms with van der Waals surface area (Å²) in [5.74, 6) is 0.914. The Morgan fingerprint density at radius 1 is 1.03 bits per heavy atom. The van der Waals surface area contributed by atoms with Gasteiger partial charge in [0.2, 0.25) is 5.91 Å². The number of imide groups is 1. The summed E-state index contributed by atoms with van der Waals surface area (Å²) in [6.45, 7) is 0.539. The van der Waals surface area contributed by atoms with Crippen molar-refractivity contribution >= 4 is 17.8 Å². The topological polar surface area (TPSA) is 97.0 Å². The first kappa shape index (κ1) is 21.2. The molecule has 2 aromatic rings. The van der Waals surface area contributed by atoms with Gasteiger partial charge in [0.25, 0.3) is 5.91 Å². The number of nitrogens with one attached hydrogen (secondary N) is 2. The van der Waals surface area contributed by atoms with Crippen LogP contribution in [0.2, 0.25) is 0 Å². The summed E-state index contributed by atoms with van der Waals surface area (Å²) in [4.78, 5) is 38.1. The molecule has 0 aliphatic carbocycles. The van der Waals surface area contributed by atoms with E-state index in [1.165, 1.54) is 4.90 Å². The summed E-state index contributed by atoms with van der Waals surface area (Å²) < 4.78 is 10.3. The van der Waals surface area contributed by atoms with Crippen molar-refractivity contribution in [2.45, 2.75) is 32.0 Å². The second-order valence-corrected chi connectivity index (χ2v) is 6.94. The zero-order chi connectivity index (χ0) is 21.5. The minimum absolute atomic E-state index is 0.136. The number of hydrogen-bond acceptors (Lipinski definition) is 5. The van der Waals surface area contributed by atoms with Gasteiger partial charge in [-0.3, -0.25) is 14.5 Å². The number of hydrogen-bond donors (Lipinski definition) is 2. The van der Waals surface area contributed by atoms with Gasteiger partial charge in [-0.2, -0.15) is 0 Å². The van der Waals surface area contributed by atoms with Gasteiger partial charge in [-0.15, -0.1) is 0 Å². The Labute approximate surface area is 175 Å². The van der Waals surface area contributed by atoms with Crippen LogP contribution in [-0.2, 0) is 22.7 Å². The average Bonchev–Trinajstić information content (AvgIpc) is 3.04. The standard InChI is InChI=1S/C22H25N3O5/c1-29-17-8-6-15(7-9-17)14-25-21(27)19(24-22(25)28)10-11-20(26)23-13-16-4-3-5-18(12-16)30-2/h3-9,12,19H,10-11,13-14H2,1-2H3,(H,23,26)(H,24,28)/t19-/m0/s1. The van der Waals surface area contributed by atoms with Crippen LogP contribution in [0.4, 0.5) is 4.79 Å². The zero-order valence-electron chi connectivity index (χ0n) is 17.0. The fraction of sp³-hybridized carbons (Fsp3) is 0.318. The molecule has 3 rings (SSSR count). The van der Waals surface area contributed by atoms with Crippen LogP contribution in [0, 0.1) is 0 Å². The summed E-state index contributed by atoms with van der Waals surface area (Å²) in [5, 5.41) is 5.48. The van der Waals surface area contributed by atoms with Crippen LogP contribution in [0.1, 0.15) is 24.0 Å². The third-order valence-electron chi connectivity index (χ3n) is 4.89. The maximum atomic E-state index is 12.6. The molecule has 8 heteroatoms. The minimum atomic E-state index is -0.696. The van der Waals surface area contributed by atoms with Crippen molar-refractivity contribution in [1.82, 2.24) is 15.5 Å². The molecule has 30 heavy (non-hydrogen) atoms. The van der Waals surface area contributed by atoms with Gasteiger partial charge in [0.15, 0.2) is 0 Å². The van der Waals surface area contributed by atoms with E-state index in [1.54, 1.807) is 38.5 Å². The van der Waals surface area contributed by atoms with Gasteiger partial charge < -0.3 is 20.1 Å². The summed E-state index contributed by atoms with van der Waals surface area (Å²) in [7, 11) is 3.16. The molecule has 0 bridgehead atoms. The molecular weight excluding hydrogens is 386 g/mol. The van der Waals surface area contributed by atoms with E-state index in [4.69, 9.17) is 9.47 Å². The van der Waals surface area contributed by atoms with E-state index < -0.39 is 12.1 Å². The first-order valence-corrected chi connectivity index (χ1v) is 9.64. The van der Waals surface area contributed by atoms with E-state index in [-0.39, 0.29) is 31.2 Å². The molecule has 0 saturated carbocycles. The van der Waals surface area contributed by atoms with Crippen LogP contribution in [0.15, 0.2) is 48.5 Å². The second-order valence-electron chi connectivity index (χ2n) is 6.94. The van der Waals surface area contributed by atoms with Crippen molar-refractivity contribution in [3.8, 4) is 11.5 Å². The van der Waals surface area contributed by atoms with Crippen LogP contribution < -0.4 is 20.1 Å². The van der Waals surface area contributed by atoms with Gasteiger partial charge in [0.1, 0.15) is 17.5 Å². The van der Waals surface area contributed by atoms with Crippen LogP contribution in [0.3, 0.4) is 0 Å². The lowest BCUT2D eigenvalue weighted by molar-refractivity contribution is -0.128. The molecule has 0 radical (unpaired) electrons. The number of methoxy groups -OCH3 is 2. The number of rotatable bonds is 9. The predicted octanol–water partition coefficient (Wildman–Crippen LogP) is 2.22. The predicted molar refractivity (Wildman–Crippen MR) is 110 cm³/mol. The Hall–Kier alpha value is -3.55. The number of carbonyl (C=O) groups excluding carboxylic acids is 3. The fourth-order valence-electron chi connectivity index (χ4n) is 3.18. The van der Waals surface area contributed by atoms with Crippen molar-refractivity contribution in [1.29, 1.82) is 0 Å². The Morgan fingerprint density at radius 3 is 2.47 bits per heavy atom. The molecule has 2 N–H and O–H groups in total. The molecule has 2 aromatic carbocycles. The molecule has 1 atom stereocenters. The maximum Gasteiger partial charge on any atom is 0.325 e. The van der Waals surface area contributed by atoms with Crippen LogP contribution in [0.5, 0.6) is 11.5 Å². The molecule has 1 aliphatic rings. The lowest BCUT2D eigenvalue weighted by Crippen LogP contribution is -2.32. The quantitative estimate of drug-likeness (QED) is 0.617. The SMILES string of the molecule is COc1ccc(CN2C(=O)N[C@@H](CCC(=O)NCc3cccc(OC)c3)C2=O)cc1. The molecule has 4 amide bonds. The van der Waals surface area contributed by atoms with Crippen molar-refractivity contribution in [3.05, 3.63) is 59.7 Å². The minimum Gasteiger partial charge on any atom is -0.497 e. The van der Waals surface area contributed by atoms with Crippen molar-refractivity contribution in [3.63, 3.8) is 0 Å². The molecular formula is C22H25N3O5. The molecule has 1 heterocycles. The third-order valence-corrected chi connectivity index (χ3v) is 4.89. The highest BCUT2D eigenvalue weighted by Gasteiger charge is 2.37. The average molecular weight is 411 g/mol. The number of carbonyl (C=O) groups is 3. The fourth-order valence-corrected chi connectivity index (χ4v) is 3.18. The Bertz CT molecular complexity index is 913. The maximum absolute atomic E-state index is 12.6. The largest absolute Gasteiger partial charge is 0.497 e. The first-order chi connectivity index (χ1) is 14.5. The smallest absolute Gasteiger partial charge is 0.325 e. The highest BCUT2D eigenvalue weighted by Crippen LogP contribution is 2.18. The number of ether oxygens (including phenoxy) is 2. The van der Waals surface area contributed by atoms with E-state index in [0.717, 1.165) is 16.9 Å². The number of nitrogens with zero attached hydrogens (tertiary/aromatic N) is 1. The number of urea groups is 1. The van der Waals surface area contributed by atoms with Crippen molar-refractivity contribution < 1.29 is 23.9 Å². The molecule has 1 aliphatic heterocycles. The summed E-state index contributed by atoms with van der Waals surface area (Å²) in [6.07, 6.45) is 0.380. The molecule has 0 aromatic heterocycles. The monoisotopic (exact) mass is 411 g/mol. The van der Waals surface area contributed by atoms with Crippen LogP contribution in [-0.4, -0.2) is 43.0 Å². The van der Waals surface area contributed by atoms with E-state index in [2.05, 4.69) is 10.6 Å². The van der Waals surface area contributed by atoms with Gasteiger partial charge >= 0.3 is 6.03 Å². The van der Waals surface area contributed by atoms with Crippen molar-refractivity contribution in [2.24, 2.45) is 0 Å². The molecule has 1 fully saturated rings. The summed E-state index contributed by atoms with van der Waals surface area (Å²) in [6, 6.07) is 13.4. The van der Waals surface area contributed by atoms with E-state index in [1.807, 2.05) is 24.3 Å². The van der Waals surface area contributed by atoms with Gasteiger partial charge in [-0.05, 0) is 41.8 Å². The highest BCUT2D eigenvalue weighted by molar-refractivity contribution is 6.04. The molecule has 158 valence electrons. The van der Waals surface area contributed by atoms with E-state index in [9.17, 15) is 14.4 Å². The van der Waals surface area contributed by atoms with Gasteiger partial charge in [0, 0.05) is 13.0 Å². The van der Waals surface area contributed by atoms with E-state index in [0.29, 0.717) is 12.3 Å². The van der Waals surface area contributed by atoms with Gasteiger partial charge in [0.05, 0.1) is 20.8 Å². The van der Waals surface area contributed by atoms with Gasteiger partial charge in [-0.25, -0.2) is 4.79 Å². The zero-order valence-corrected chi connectivity index (χ0v) is 17.0. The Balaban J connectivity index is 1.47. The highest BCUT2D eigenvalue weighted by atomic mass is 16.5. The number of benzene rings is 2. The second kappa shape index (κ2) is 9.78. The Kier molecular flexibility index (Phi) is 6.90. The van der Waals surface area contributed by atoms with E-state index >= 15 is 0 Å².